The van der Waals surface area contributed by atoms with Crippen LogP contribution in [0.1, 0.15) is 21.7 Å². The lowest BCUT2D eigenvalue weighted by Crippen LogP contribution is -2.27. The van der Waals surface area contributed by atoms with Crippen molar-refractivity contribution in [2.75, 3.05) is 14.2 Å². The van der Waals surface area contributed by atoms with Gasteiger partial charge in [0, 0.05) is 24.7 Å². The number of methoxy groups -OCH3 is 1. The highest BCUT2D eigenvalue weighted by atomic mass is 16.5. The average Bonchev–Trinajstić information content (AvgIpc) is 3.03. The summed E-state index contributed by atoms with van der Waals surface area (Å²) in [6, 6.07) is 17.2. The Kier molecular flexibility index (Phi) is 4.84. The van der Waals surface area contributed by atoms with Gasteiger partial charge in [-0.15, -0.1) is 0 Å². The molecule has 2 aromatic carbocycles. The second-order valence-electron chi connectivity index (χ2n) is 5.80. The van der Waals surface area contributed by atoms with E-state index < -0.39 is 0 Å². The van der Waals surface area contributed by atoms with Crippen LogP contribution in [0.4, 0.5) is 0 Å². The molecule has 0 N–H and O–H groups in total. The molecule has 0 aliphatic carbocycles. The quantitative estimate of drug-likeness (QED) is 0.708. The molecule has 5 heteroatoms. The van der Waals surface area contributed by atoms with E-state index in [1.54, 1.807) is 26.0 Å². The van der Waals surface area contributed by atoms with E-state index in [1.165, 1.54) is 0 Å². The first-order valence-electron chi connectivity index (χ1n) is 8.01. The Bertz CT molecular complexity index is 872. The van der Waals surface area contributed by atoms with Gasteiger partial charge in [0.05, 0.1) is 7.11 Å². The van der Waals surface area contributed by atoms with Gasteiger partial charge in [0.2, 0.25) is 0 Å². The Hall–Kier alpha value is -3.08. The Labute approximate surface area is 146 Å². The highest BCUT2D eigenvalue weighted by Crippen LogP contribution is 2.27. The summed E-state index contributed by atoms with van der Waals surface area (Å²) < 4.78 is 10.7. The third-order valence-electron chi connectivity index (χ3n) is 4.07. The fourth-order valence-electron chi connectivity index (χ4n) is 2.77. The summed E-state index contributed by atoms with van der Waals surface area (Å²) in [6.07, 6.45) is 0. The fraction of sp³-hybridized carbons (Fsp3) is 0.200. The summed E-state index contributed by atoms with van der Waals surface area (Å²) >= 11 is 0. The Morgan fingerprint density at radius 2 is 1.80 bits per heavy atom. The summed E-state index contributed by atoms with van der Waals surface area (Å²) in [7, 11) is 3.38. The maximum absolute atomic E-state index is 13.0. The molecule has 0 unspecified atom stereocenters. The zero-order valence-corrected chi connectivity index (χ0v) is 14.5. The molecular formula is C20H20N2O3. The molecule has 5 nitrogen and oxygen atoms in total. The number of nitrogens with zero attached hydrogens (tertiary/aromatic N) is 2. The molecule has 3 rings (SSSR count). The summed E-state index contributed by atoms with van der Waals surface area (Å²) in [5, 5.41) is 4.08. The Morgan fingerprint density at radius 3 is 2.52 bits per heavy atom. The maximum atomic E-state index is 13.0. The van der Waals surface area contributed by atoms with Crippen molar-refractivity contribution in [2.24, 2.45) is 0 Å². The number of ether oxygens (including phenoxy) is 1. The summed E-state index contributed by atoms with van der Waals surface area (Å²) in [6.45, 7) is 2.19. The average molecular weight is 336 g/mol. The first-order valence-corrected chi connectivity index (χ1v) is 8.01. The van der Waals surface area contributed by atoms with E-state index in [0.717, 1.165) is 16.9 Å². The van der Waals surface area contributed by atoms with Gasteiger partial charge in [-0.2, -0.15) is 0 Å². The van der Waals surface area contributed by atoms with E-state index in [0.29, 0.717) is 23.6 Å². The second-order valence-corrected chi connectivity index (χ2v) is 5.80. The van der Waals surface area contributed by atoms with E-state index in [4.69, 9.17) is 9.26 Å². The predicted octanol–water partition coefficient (Wildman–Crippen LogP) is 3.93. The molecule has 25 heavy (non-hydrogen) atoms. The summed E-state index contributed by atoms with van der Waals surface area (Å²) in [5.41, 5.74) is 2.85. The van der Waals surface area contributed by atoms with Crippen molar-refractivity contribution in [1.82, 2.24) is 10.1 Å². The lowest BCUT2D eigenvalue weighted by molar-refractivity contribution is 0.0783. The van der Waals surface area contributed by atoms with Crippen LogP contribution in [-0.4, -0.2) is 30.1 Å². The van der Waals surface area contributed by atoms with Crippen molar-refractivity contribution in [3.8, 4) is 17.0 Å². The summed E-state index contributed by atoms with van der Waals surface area (Å²) in [4.78, 5) is 14.7. The number of hydrogen-bond acceptors (Lipinski definition) is 4. The molecular weight excluding hydrogens is 316 g/mol. The van der Waals surface area contributed by atoms with Gasteiger partial charge in [0.15, 0.2) is 0 Å². The molecule has 0 bridgehead atoms. The van der Waals surface area contributed by atoms with Crippen LogP contribution in [-0.2, 0) is 6.54 Å². The van der Waals surface area contributed by atoms with Crippen molar-refractivity contribution in [2.45, 2.75) is 13.5 Å². The van der Waals surface area contributed by atoms with E-state index in [9.17, 15) is 4.79 Å². The van der Waals surface area contributed by atoms with Crippen molar-refractivity contribution in [1.29, 1.82) is 0 Å². The van der Waals surface area contributed by atoms with Crippen LogP contribution in [0.15, 0.2) is 59.1 Å². The standard InChI is InChI=1S/C20H20N2O3/c1-14-18(19(21-25-14)15-9-5-4-6-10-15)20(23)22(2)13-16-11-7-8-12-17(16)24-3/h4-12H,13H2,1-3H3. The van der Waals surface area contributed by atoms with Crippen molar-refractivity contribution in [3.05, 3.63) is 71.5 Å². The topological polar surface area (TPSA) is 55.6 Å². The number of para-hydroxylation sites is 1. The van der Waals surface area contributed by atoms with E-state index in [2.05, 4.69) is 5.16 Å². The fourth-order valence-corrected chi connectivity index (χ4v) is 2.77. The number of aryl methyl sites for hydroxylation is 1. The molecule has 1 amide bonds. The molecule has 1 heterocycles. The summed E-state index contributed by atoms with van der Waals surface area (Å²) in [5.74, 6) is 1.13. The first-order chi connectivity index (χ1) is 12.1. The van der Waals surface area contributed by atoms with Gasteiger partial charge < -0.3 is 14.2 Å². The number of carbonyl (C=O) groups excluding carboxylic acids is 1. The molecule has 0 saturated carbocycles. The van der Waals surface area contributed by atoms with Crippen LogP contribution in [0.5, 0.6) is 5.75 Å². The molecule has 1 aromatic heterocycles. The molecule has 0 spiro atoms. The highest BCUT2D eigenvalue weighted by molar-refractivity contribution is 6.00. The van der Waals surface area contributed by atoms with E-state index >= 15 is 0 Å². The van der Waals surface area contributed by atoms with E-state index in [-0.39, 0.29) is 5.91 Å². The SMILES string of the molecule is COc1ccccc1CN(C)C(=O)c1c(-c2ccccc2)noc1C. The molecule has 0 radical (unpaired) electrons. The lowest BCUT2D eigenvalue weighted by atomic mass is 10.0. The minimum Gasteiger partial charge on any atom is -0.496 e. The molecule has 3 aromatic rings. The van der Waals surface area contributed by atoms with Crippen LogP contribution in [0.2, 0.25) is 0 Å². The number of amides is 1. The minimum absolute atomic E-state index is 0.136. The van der Waals surface area contributed by atoms with E-state index in [1.807, 2.05) is 54.6 Å². The van der Waals surface area contributed by atoms with Gasteiger partial charge in [0.25, 0.3) is 5.91 Å². The van der Waals surface area contributed by atoms with Crippen LogP contribution >= 0.6 is 0 Å². The largest absolute Gasteiger partial charge is 0.496 e. The third-order valence-corrected chi connectivity index (χ3v) is 4.07. The molecule has 0 fully saturated rings. The Morgan fingerprint density at radius 1 is 1.12 bits per heavy atom. The van der Waals surface area contributed by atoms with Crippen molar-refractivity contribution < 1.29 is 14.1 Å². The minimum atomic E-state index is -0.136. The molecule has 0 aliphatic heterocycles. The normalized spacial score (nSPS) is 10.5. The molecule has 0 aliphatic rings. The molecule has 128 valence electrons. The molecule has 0 atom stereocenters. The second kappa shape index (κ2) is 7.21. The van der Waals surface area contributed by atoms with Gasteiger partial charge in [-0.1, -0.05) is 53.7 Å². The number of benzene rings is 2. The number of rotatable bonds is 5. The number of hydrogen-bond donors (Lipinski definition) is 0. The van der Waals surface area contributed by atoms with Crippen LogP contribution < -0.4 is 4.74 Å². The van der Waals surface area contributed by atoms with Gasteiger partial charge in [-0.3, -0.25) is 4.79 Å². The van der Waals surface area contributed by atoms with Gasteiger partial charge >= 0.3 is 0 Å². The van der Waals surface area contributed by atoms with Gasteiger partial charge in [-0.25, -0.2) is 0 Å². The zero-order valence-electron chi connectivity index (χ0n) is 14.5. The zero-order chi connectivity index (χ0) is 17.8. The van der Waals surface area contributed by atoms with Gasteiger partial charge in [0.1, 0.15) is 22.8 Å². The third kappa shape index (κ3) is 3.40. The van der Waals surface area contributed by atoms with Crippen molar-refractivity contribution >= 4 is 5.91 Å². The smallest absolute Gasteiger partial charge is 0.259 e. The van der Waals surface area contributed by atoms with Gasteiger partial charge in [-0.05, 0) is 13.0 Å². The highest BCUT2D eigenvalue weighted by Gasteiger charge is 2.24. The van der Waals surface area contributed by atoms with Crippen LogP contribution in [0.3, 0.4) is 0 Å². The van der Waals surface area contributed by atoms with Crippen LogP contribution in [0.25, 0.3) is 11.3 Å². The van der Waals surface area contributed by atoms with Crippen molar-refractivity contribution in [3.63, 3.8) is 0 Å². The lowest BCUT2D eigenvalue weighted by Gasteiger charge is -2.19. The first kappa shape index (κ1) is 16.8. The van der Waals surface area contributed by atoms with Crippen LogP contribution in [0, 0.1) is 6.92 Å². The monoisotopic (exact) mass is 336 g/mol. The maximum Gasteiger partial charge on any atom is 0.259 e. The number of aromatic nitrogens is 1. The Balaban J connectivity index is 1.90. The predicted molar refractivity (Wildman–Crippen MR) is 95.5 cm³/mol. The molecule has 0 saturated heterocycles. The number of carbonyl (C=O) groups is 1.